The number of hydrogen-bond donors (Lipinski definition) is 1. The van der Waals surface area contributed by atoms with Crippen molar-refractivity contribution in [3.8, 4) is 22.6 Å². The molecule has 0 unspecified atom stereocenters. The second-order valence-corrected chi connectivity index (χ2v) is 9.29. The second-order valence-electron chi connectivity index (χ2n) is 9.29. The summed E-state index contributed by atoms with van der Waals surface area (Å²) in [6, 6.07) is 18.6. The third-order valence-corrected chi connectivity index (χ3v) is 6.73. The summed E-state index contributed by atoms with van der Waals surface area (Å²) in [5, 5.41) is 9.29. The maximum atomic E-state index is 14.8. The van der Waals surface area contributed by atoms with E-state index in [2.05, 4.69) is 19.1 Å². The summed E-state index contributed by atoms with van der Waals surface area (Å²) in [6.45, 7) is 2.43. The van der Waals surface area contributed by atoms with E-state index in [1.165, 1.54) is 11.6 Å². The lowest BCUT2D eigenvalue weighted by Crippen LogP contribution is -2.06. The molecule has 0 radical (unpaired) electrons. The van der Waals surface area contributed by atoms with Crippen LogP contribution in [0.4, 0.5) is 4.39 Å². The van der Waals surface area contributed by atoms with Crippen LogP contribution < -0.4 is 9.47 Å². The van der Waals surface area contributed by atoms with Crippen molar-refractivity contribution in [2.75, 3.05) is 7.11 Å². The predicted octanol–water partition coefficient (Wildman–Crippen LogP) is 8.01. The van der Waals surface area contributed by atoms with Gasteiger partial charge in [-0.1, -0.05) is 43.7 Å². The summed E-state index contributed by atoms with van der Waals surface area (Å²) in [5.41, 5.74) is 5.61. The molecular formula is C31H33FO4. The summed E-state index contributed by atoms with van der Waals surface area (Å²) >= 11 is 0. The van der Waals surface area contributed by atoms with Gasteiger partial charge in [-0.15, -0.1) is 0 Å². The number of rotatable bonds is 11. The smallest absolute Gasteiger partial charge is 0.303 e. The van der Waals surface area contributed by atoms with Crippen LogP contribution in [0, 0.1) is 5.82 Å². The van der Waals surface area contributed by atoms with E-state index in [1.807, 2.05) is 36.4 Å². The number of carbonyl (C=O) groups is 1. The first-order valence-electron chi connectivity index (χ1n) is 12.6. The average molecular weight is 489 g/mol. The van der Waals surface area contributed by atoms with Crippen LogP contribution >= 0.6 is 0 Å². The highest BCUT2D eigenvalue weighted by molar-refractivity contribution is 5.83. The van der Waals surface area contributed by atoms with Crippen molar-refractivity contribution in [2.24, 2.45) is 0 Å². The highest BCUT2D eigenvalue weighted by Crippen LogP contribution is 2.38. The standard InChI is InChI=1S/C31H33FO4/c1-3-7-23(18-31(33)34)24-10-6-11-26(17-24)36-20-21-12-14-27(28(16-21)22-8-4-5-9-22)29-19-25(35-2)13-15-30(29)32/h6,8,10-17,19,23H,3-5,7,9,18,20H2,1-2H3,(H,33,34)/t23-/m0/s1. The highest BCUT2D eigenvalue weighted by atomic mass is 19.1. The number of methoxy groups -OCH3 is 1. The van der Waals surface area contributed by atoms with Crippen molar-refractivity contribution in [3.05, 3.63) is 89.2 Å². The Labute approximate surface area is 212 Å². The number of halogens is 1. The molecular weight excluding hydrogens is 455 g/mol. The van der Waals surface area contributed by atoms with Gasteiger partial charge in [0.15, 0.2) is 0 Å². The summed E-state index contributed by atoms with van der Waals surface area (Å²) in [6.07, 6.45) is 7.17. The Balaban J connectivity index is 1.59. The molecule has 1 aliphatic rings. The number of hydrogen-bond acceptors (Lipinski definition) is 3. The van der Waals surface area contributed by atoms with Gasteiger partial charge < -0.3 is 14.6 Å². The fraction of sp³-hybridized carbons (Fsp3) is 0.323. The fourth-order valence-electron chi connectivity index (χ4n) is 4.91. The predicted molar refractivity (Wildman–Crippen MR) is 141 cm³/mol. The quantitative estimate of drug-likeness (QED) is 0.297. The van der Waals surface area contributed by atoms with Crippen molar-refractivity contribution >= 4 is 11.5 Å². The molecule has 0 amide bonds. The largest absolute Gasteiger partial charge is 0.497 e. The van der Waals surface area contributed by atoms with Crippen molar-refractivity contribution in [1.29, 1.82) is 0 Å². The minimum atomic E-state index is -0.791. The fourth-order valence-corrected chi connectivity index (χ4v) is 4.91. The molecule has 3 aromatic carbocycles. The minimum Gasteiger partial charge on any atom is -0.497 e. The zero-order valence-electron chi connectivity index (χ0n) is 20.9. The number of carboxylic acids is 1. The van der Waals surface area contributed by atoms with Crippen LogP contribution in [0.1, 0.15) is 68.1 Å². The summed E-state index contributed by atoms with van der Waals surface area (Å²) in [4.78, 5) is 11.3. The van der Waals surface area contributed by atoms with Crippen LogP contribution in [0.3, 0.4) is 0 Å². The Morgan fingerprint density at radius 3 is 2.61 bits per heavy atom. The van der Waals surface area contributed by atoms with Gasteiger partial charge in [-0.05, 0) is 95.8 Å². The van der Waals surface area contributed by atoms with Gasteiger partial charge in [-0.2, -0.15) is 0 Å². The third kappa shape index (κ3) is 6.14. The Kier molecular flexibility index (Phi) is 8.42. The maximum absolute atomic E-state index is 14.8. The molecule has 0 saturated carbocycles. The van der Waals surface area contributed by atoms with E-state index in [1.54, 1.807) is 19.2 Å². The number of benzene rings is 3. The molecule has 36 heavy (non-hydrogen) atoms. The molecule has 1 aliphatic carbocycles. The van der Waals surface area contributed by atoms with Crippen LogP contribution in [0.5, 0.6) is 11.5 Å². The molecule has 0 aliphatic heterocycles. The molecule has 0 aromatic heterocycles. The summed E-state index contributed by atoms with van der Waals surface area (Å²) < 4.78 is 26.3. The molecule has 3 aromatic rings. The third-order valence-electron chi connectivity index (χ3n) is 6.73. The second kappa shape index (κ2) is 11.9. The molecule has 0 heterocycles. The van der Waals surface area contributed by atoms with Crippen LogP contribution in [0.2, 0.25) is 0 Å². The van der Waals surface area contributed by atoms with Gasteiger partial charge >= 0.3 is 5.97 Å². The van der Waals surface area contributed by atoms with Crippen LogP contribution in [-0.4, -0.2) is 18.2 Å². The molecule has 0 fully saturated rings. The molecule has 0 spiro atoms. The summed E-state index contributed by atoms with van der Waals surface area (Å²) in [7, 11) is 1.58. The van der Waals surface area contributed by atoms with E-state index < -0.39 is 5.97 Å². The van der Waals surface area contributed by atoms with Gasteiger partial charge in [0.05, 0.1) is 13.5 Å². The number of allylic oxidation sites excluding steroid dienone is 2. The lowest BCUT2D eigenvalue weighted by atomic mass is 9.91. The topological polar surface area (TPSA) is 55.8 Å². The molecule has 0 saturated heterocycles. The van der Waals surface area contributed by atoms with Crippen molar-refractivity contribution in [1.82, 2.24) is 0 Å². The van der Waals surface area contributed by atoms with E-state index in [0.29, 0.717) is 23.7 Å². The molecule has 0 bridgehead atoms. The normalized spacial score (nSPS) is 13.8. The van der Waals surface area contributed by atoms with E-state index >= 15 is 0 Å². The van der Waals surface area contributed by atoms with Gasteiger partial charge in [0.1, 0.15) is 23.9 Å². The number of ether oxygens (including phenoxy) is 2. The van der Waals surface area contributed by atoms with Gasteiger partial charge in [-0.25, -0.2) is 4.39 Å². The van der Waals surface area contributed by atoms with Gasteiger partial charge in [-0.3, -0.25) is 4.79 Å². The molecule has 1 atom stereocenters. The Morgan fingerprint density at radius 2 is 1.89 bits per heavy atom. The van der Waals surface area contributed by atoms with Crippen LogP contribution in [0.25, 0.3) is 16.7 Å². The van der Waals surface area contributed by atoms with Crippen molar-refractivity contribution in [2.45, 2.75) is 58.0 Å². The molecule has 188 valence electrons. The SMILES string of the molecule is CCC[C@@H](CC(=O)O)c1cccc(OCc2ccc(-c3cc(OC)ccc3F)c(C3=CCCC3)c2)c1. The summed E-state index contributed by atoms with van der Waals surface area (Å²) in [5.74, 6) is 0.229. The minimum absolute atomic E-state index is 0.0333. The monoisotopic (exact) mass is 488 g/mol. The number of carboxylic acid groups (broad SMARTS) is 1. The first-order chi connectivity index (χ1) is 17.5. The number of aliphatic carboxylic acids is 1. The van der Waals surface area contributed by atoms with E-state index in [0.717, 1.165) is 54.4 Å². The van der Waals surface area contributed by atoms with Gasteiger partial charge in [0, 0.05) is 5.56 Å². The van der Waals surface area contributed by atoms with Crippen molar-refractivity contribution in [3.63, 3.8) is 0 Å². The first kappa shape index (κ1) is 25.5. The Bertz CT molecular complexity index is 1250. The zero-order chi connectivity index (χ0) is 25.5. The Hall–Kier alpha value is -3.60. The van der Waals surface area contributed by atoms with Crippen LogP contribution in [-0.2, 0) is 11.4 Å². The Morgan fingerprint density at radius 1 is 1.03 bits per heavy atom. The first-order valence-corrected chi connectivity index (χ1v) is 12.6. The maximum Gasteiger partial charge on any atom is 0.303 e. The van der Waals surface area contributed by atoms with Gasteiger partial charge in [0.2, 0.25) is 0 Å². The van der Waals surface area contributed by atoms with E-state index in [9.17, 15) is 14.3 Å². The molecule has 4 rings (SSSR count). The highest BCUT2D eigenvalue weighted by Gasteiger charge is 2.18. The van der Waals surface area contributed by atoms with E-state index in [4.69, 9.17) is 9.47 Å². The molecule has 1 N–H and O–H groups in total. The lowest BCUT2D eigenvalue weighted by Gasteiger charge is -2.17. The zero-order valence-corrected chi connectivity index (χ0v) is 20.9. The van der Waals surface area contributed by atoms with Crippen molar-refractivity contribution < 1.29 is 23.8 Å². The van der Waals surface area contributed by atoms with E-state index in [-0.39, 0.29) is 18.2 Å². The van der Waals surface area contributed by atoms with Gasteiger partial charge in [0.25, 0.3) is 0 Å². The molecule has 4 nitrogen and oxygen atoms in total. The lowest BCUT2D eigenvalue weighted by molar-refractivity contribution is -0.137. The molecule has 5 heteroatoms. The average Bonchev–Trinajstić information content (AvgIpc) is 3.42. The van der Waals surface area contributed by atoms with Crippen LogP contribution in [0.15, 0.2) is 66.7 Å².